The van der Waals surface area contributed by atoms with Crippen LogP contribution in [0.3, 0.4) is 0 Å². The first-order chi connectivity index (χ1) is 9.32. The van der Waals surface area contributed by atoms with Gasteiger partial charge >= 0.3 is 0 Å². The van der Waals surface area contributed by atoms with Gasteiger partial charge in [0.25, 0.3) is 0 Å². The van der Waals surface area contributed by atoms with Gasteiger partial charge in [0, 0.05) is 30.6 Å². The number of hydrogen-bond acceptors (Lipinski definition) is 4. The molecule has 0 spiro atoms. The largest absolute Gasteiger partial charge is 0.310 e. The molecule has 2 rings (SSSR count). The van der Waals surface area contributed by atoms with Crippen molar-refractivity contribution in [2.24, 2.45) is 11.8 Å². The first-order valence-electron chi connectivity index (χ1n) is 7.12. The monoisotopic (exact) mass is 316 g/mol. The molecule has 2 unspecified atom stereocenters. The number of nitrogens with zero attached hydrogens (tertiary/aromatic N) is 1. The van der Waals surface area contributed by atoms with Crippen LogP contribution < -0.4 is 5.32 Å². The predicted molar refractivity (Wildman–Crippen MR) is 83.4 cm³/mol. The fourth-order valence-corrected chi connectivity index (χ4v) is 5.40. The first kappa shape index (κ1) is 15.9. The lowest BCUT2D eigenvalue weighted by atomic mass is 10.0. The lowest BCUT2D eigenvalue weighted by Gasteiger charge is -2.17. The number of nitrogens with one attached hydrogen (secondary N) is 1. The van der Waals surface area contributed by atoms with Crippen LogP contribution in [0.25, 0.3) is 0 Å². The molecule has 0 radical (unpaired) electrons. The first-order valence-corrected chi connectivity index (χ1v) is 9.44. The standard InChI is InChI=1S/C14H24N2O2S2/c1-10(2)15-7-13-14(5-6-19-13)20(17,18)16-8-11(3)12(4)9-16/h5-6,10-12,15H,7-9H2,1-4H3. The summed E-state index contributed by atoms with van der Waals surface area (Å²) in [6.45, 7) is 10.2. The molecule has 4 nitrogen and oxygen atoms in total. The van der Waals surface area contributed by atoms with Crippen molar-refractivity contribution < 1.29 is 8.42 Å². The van der Waals surface area contributed by atoms with Gasteiger partial charge in [0.1, 0.15) is 0 Å². The molecular formula is C14H24N2O2S2. The highest BCUT2D eigenvalue weighted by Crippen LogP contribution is 2.31. The van der Waals surface area contributed by atoms with Crippen molar-refractivity contribution in [2.75, 3.05) is 13.1 Å². The van der Waals surface area contributed by atoms with Gasteiger partial charge in [-0.2, -0.15) is 4.31 Å². The average molecular weight is 316 g/mol. The number of rotatable bonds is 5. The van der Waals surface area contributed by atoms with Crippen LogP contribution in [-0.4, -0.2) is 31.9 Å². The van der Waals surface area contributed by atoms with E-state index in [1.807, 2.05) is 5.38 Å². The molecule has 0 aromatic carbocycles. The van der Waals surface area contributed by atoms with Crippen LogP contribution in [0.5, 0.6) is 0 Å². The predicted octanol–water partition coefficient (Wildman–Crippen LogP) is 2.52. The Kier molecular flexibility index (Phi) is 4.89. The van der Waals surface area contributed by atoms with Crippen molar-refractivity contribution in [3.05, 3.63) is 16.3 Å². The highest BCUT2D eigenvalue weighted by atomic mass is 32.2. The van der Waals surface area contributed by atoms with E-state index >= 15 is 0 Å². The quantitative estimate of drug-likeness (QED) is 0.908. The van der Waals surface area contributed by atoms with Gasteiger partial charge in [-0.1, -0.05) is 27.7 Å². The summed E-state index contributed by atoms with van der Waals surface area (Å²) >= 11 is 1.51. The van der Waals surface area contributed by atoms with Gasteiger partial charge in [0.15, 0.2) is 0 Å². The van der Waals surface area contributed by atoms with Gasteiger partial charge < -0.3 is 5.32 Å². The lowest BCUT2D eigenvalue weighted by molar-refractivity contribution is 0.462. The third kappa shape index (κ3) is 3.24. The molecule has 0 bridgehead atoms. The zero-order valence-corrected chi connectivity index (χ0v) is 14.2. The summed E-state index contributed by atoms with van der Waals surface area (Å²) in [7, 11) is -3.34. The van der Waals surface area contributed by atoms with Crippen LogP contribution in [0.15, 0.2) is 16.3 Å². The second-order valence-corrected chi connectivity index (χ2v) is 8.93. The topological polar surface area (TPSA) is 49.4 Å². The molecule has 0 amide bonds. The lowest BCUT2D eigenvalue weighted by Crippen LogP contribution is -2.30. The van der Waals surface area contributed by atoms with Crippen molar-refractivity contribution >= 4 is 21.4 Å². The molecule has 1 saturated heterocycles. The van der Waals surface area contributed by atoms with Gasteiger partial charge in [-0.25, -0.2) is 8.42 Å². The molecule has 1 N–H and O–H groups in total. The highest BCUT2D eigenvalue weighted by Gasteiger charge is 2.36. The molecule has 20 heavy (non-hydrogen) atoms. The minimum atomic E-state index is -3.34. The van der Waals surface area contributed by atoms with Gasteiger partial charge in [0.2, 0.25) is 10.0 Å². The van der Waals surface area contributed by atoms with Crippen LogP contribution in [0.2, 0.25) is 0 Å². The van der Waals surface area contributed by atoms with E-state index in [9.17, 15) is 8.42 Å². The van der Waals surface area contributed by atoms with E-state index < -0.39 is 10.0 Å². The molecule has 1 aliphatic heterocycles. The van der Waals surface area contributed by atoms with Crippen molar-refractivity contribution in [1.29, 1.82) is 0 Å². The van der Waals surface area contributed by atoms with E-state index in [1.165, 1.54) is 11.3 Å². The van der Waals surface area contributed by atoms with E-state index in [0.717, 1.165) is 4.88 Å². The highest BCUT2D eigenvalue weighted by molar-refractivity contribution is 7.89. The average Bonchev–Trinajstić information content (AvgIpc) is 2.95. The fraction of sp³-hybridized carbons (Fsp3) is 0.714. The van der Waals surface area contributed by atoms with Gasteiger partial charge in [-0.3, -0.25) is 0 Å². The van der Waals surface area contributed by atoms with Gasteiger partial charge in [-0.15, -0.1) is 11.3 Å². The summed E-state index contributed by atoms with van der Waals surface area (Å²) in [5.41, 5.74) is 0. The fourth-order valence-electron chi connectivity index (χ4n) is 2.40. The Balaban J connectivity index is 2.20. The SMILES string of the molecule is CC(C)NCc1sccc1S(=O)(=O)N1CC(C)C(C)C1. The second kappa shape index (κ2) is 6.13. The van der Waals surface area contributed by atoms with Crippen LogP contribution in [0.1, 0.15) is 32.6 Å². The molecule has 1 fully saturated rings. The molecule has 2 heterocycles. The molecular weight excluding hydrogens is 292 g/mol. The van der Waals surface area contributed by atoms with E-state index in [1.54, 1.807) is 10.4 Å². The van der Waals surface area contributed by atoms with Crippen LogP contribution in [0, 0.1) is 11.8 Å². The maximum Gasteiger partial charge on any atom is 0.244 e. The maximum absolute atomic E-state index is 12.8. The summed E-state index contributed by atoms with van der Waals surface area (Å²) in [6.07, 6.45) is 0. The third-order valence-corrected chi connectivity index (χ3v) is 6.91. The van der Waals surface area contributed by atoms with Crippen molar-refractivity contribution in [3.8, 4) is 0 Å². The minimum Gasteiger partial charge on any atom is -0.310 e. The van der Waals surface area contributed by atoms with Crippen LogP contribution in [-0.2, 0) is 16.6 Å². The minimum absolute atomic E-state index is 0.347. The zero-order valence-electron chi connectivity index (χ0n) is 12.6. The summed E-state index contributed by atoms with van der Waals surface area (Å²) in [5, 5.41) is 5.16. The molecule has 114 valence electrons. The van der Waals surface area contributed by atoms with Crippen molar-refractivity contribution in [3.63, 3.8) is 0 Å². The molecule has 1 aliphatic rings. The van der Waals surface area contributed by atoms with E-state index in [-0.39, 0.29) is 0 Å². The summed E-state index contributed by atoms with van der Waals surface area (Å²) in [4.78, 5) is 1.39. The Morgan fingerprint density at radius 3 is 2.50 bits per heavy atom. The molecule has 1 aromatic rings. The molecule has 0 aliphatic carbocycles. The Labute approximate surface area is 126 Å². The Morgan fingerprint density at radius 1 is 1.35 bits per heavy atom. The smallest absolute Gasteiger partial charge is 0.244 e. The van der Waals surface area contributed by atoms with Crippen LogP contribution in [0.4, 0.5) is 0 Å². The molecule has 6 heteroatoms. The second-order valence-electron chi connectivity index (χ2n) is 6.02. The zero-order chi connectivity index (χ0) is 14.9. The van der Waals surface area contributed by atoms with E-state index in [2.05, 4.69) is 33.0 Å². The number of hydrogen-bond donors (Lipinski definition) is 1. The Bertz CT molecular complexity index is 541. The van der Waals surface area contributed by atoms with Crippen LogP contribution >= 0.6 is 11.3 Å². The molecule has 2 atom stereocenters. The summed E-state index contributed by atoms with van der Waals surface area (Å²) in [6, 6.07) is 2.09. The summed E-state index contributed by atoms with van der Waals surface area (Å²) < 4.78 is 27.2. The van der Waals surface area contributed by atoms with Gasteiger partial charge in [-0.05, 0) is 23.3 Å². The summed E-state index contributed by atoms with van der Waals surface area (Å²) in [5.74, 6) is 0.862. The van der Waals surface area contributed by atoms with E-state index in [4.69, 9.17) is 0 Å². The Morgan fingerprint density at radius 2 is 1.95 bits per heavy atom. The van der Waals surface area contributed by atoms with Crippen molar-refractivity contribution in [1.82, 2.24) is 9.62 Å². The third-order valence-electron chi connectivity index (χ3n) is 3.95. The van der Waals surface area contributed by atoms with E-state index in [0.29, 0.717) is 42.4 Å². The maximum atomic E-state index is 12.8. The number of sulfonamides is 1. The van der Waals surface area contributed by atoms with Gasteiger partial charge in [0.05, 0.1) is 4.90 Å². The Hall–Kier alpha value is -0.430. The number of thiophene rings is 1. The molecule has 0 saturated carbocycles. The normalized spacial score (nSPS) is 24.6. The van der Waals surface area contributed by atoms with Crippen molar-refractivity contribution in [2.45, 2.75) is 45.2 Å². The molecule has 1 aromatic heterocycles.